The van der Waals surface area contributed by atoms with Gasteiger partial charge in [0.2, 0.25) is 12.7 Å². The third kappa shape index (κ3) is 3.35. The largest absolute Gasteiger partial charge is 0.479 e. The zero-order valence-corrected chi connectivity index (χ0v) is 10.2. The number of amides is 1. The molecule has 0 aliphatic carbocycles. The summed E-state index contributed by atoms with van der Waals surface area (Å²) in [4.78, 5) is 22.0. The van der Waals surface area contributed by atoms with E-state index in [1.54, 1.807) is 18.2 Å². The van der Waals surface area contributed by atoms with E-state index < -0.39 is 18.0 Å². The number of fused-ring (bicyclic) bond motifs is 1. The highest BCUT2D eigenvalue weighted by Gasteiger charge is 2.16. The van der Waals surface area contributed by atoms with Crippen molar-refractivity contribution in [3.63, 3.8) is 0 Å². The van der Waals surface area contributed by atoms with Crippen LogP contribution < -0.4 is 14.8 Å². The third-order valence-electron chi connectivity index (χ3n) is 2.47. The van der Waals surface area contributed by atoms with Gasteiger partial charge in [0, 0.05) is 11.8 Å². The second-order valence-electron chi connectivity index (χ2n) is 3.91. The molecule has 1 unspecified atom stereocenters. The molecule has 0 saturated heterocycles. The van der Waals surface area contributed by atoms with Crippen molar-refractivity contribution in [2.24, 2.45) is 0 Å². The summed E-state index contributed by atoms with van der Waals surface area (Å²) in [7, 11) is 0. The fourth-order valence-electron chi connectivity index (χ4n) is 1.44. The second kappa shape index (κ2) is 5.57. The third-order valence-corrected chi connectivity index (χ3v) is 2.47. The van der Waals surface area contributed by atoms with Crippen LogP contribution in [-0.4, -0.2) is 36.5 Å². The number of hydrogen-bond donors (Lipinski definition) is 2. The first-order valence-corrected chi connectivity index (χ1v) is 5.60. The average Bonchev–Trinajstić information content (AvgIpc) is 2.83. The number of rotatable bonds is 5. The molecule has 102 valence electrons. The summed E-state index contributed by atoms with van der Waals surface area (Å²) >= 11 is 0. The summed E-state index contributed by atoms with van der Waals surface area (Å²) < 4.78 is 15.2. The van der Waals surface area contributed by atoms with Crippen LogP contribution >= 0.6 is 0 Å². The summed E-state index contributed by atoms with van der Waals surface area (Å²) in [6.45, 7) is 1.18. The highest BCUT2D eigenvalue weighted by atomic mass is 16.7. The van der Waals surface area contributed by atoms with Crippen LogP contribution in [0.25, 0.3) is 0 Å². The Morgan fingerprint density at radius 1 is 1.42 bits per heavy atom. The molecular formula is C12H13NO6. The van der Waals surface area contributed by atoms with Crippen molar-refractivity contribution in [3.05, 3.63) is 18.2 Å². The predicted octanol–water partition coefficient (Wildman–Crippen LogP) is 0.843. The number of carbonyl (C=O) groups is 2. The first kappa shape index (κ1) is 13.2. The molecule has 19 heavy (non-hydrogen) atoms. The van der Waals surface area contributed by atoms with Crippen LogP contribution in [0, 0.1) is 0 Å². The van der Waals surface area contributed by atoms with E-state index in [9.17, 15) is 9.59 Å². The van der Waals surface area contributed by atoms with E-state index in [0.29, 0.717) is 17.2 Å². The van der Waals surface area contributed by atoms with Gasteiger partial charge in [-0.2, -0.15) is 0 Å². The summed E-state index contributed by atoms with van der Waals surface area (Å²) in [6, 6.07) is 4.96. The van der Waals surface area contributed by atoms with Crippen LogP contribution in [0.3, 0.4) is 0 Å². The number of carbonyl (C=O) groups excluding carboxylic acids is 1. The molecule has 7 nitrogen and oxygen atoms in total. The van der Waals surface area contributed by atoms with Crippen LogP contribution in [0.15, 0.2) is 18.2 Å². The molecule has 2 rings (SSSR count). The van der Waals surface area contributed by atoms with Crippen molar-refractivity contribution in [1.29, 1.82) is 0 Å². The zero-order valence-electron chi connectivity index (χ0n) is 10.2. The Balaban J connectivity index is 1.87. The van der Waals surface area contributed by atoms with Gasteiger partial charge in [-0.15, -0.1) is 0 Å². The Morgan fingerprint density at radius 2 is 2.16 bits per heavy atom. The second-order valence-corrected chi connectivity index (χ2v) is 3.91. The molecular weight excluding hydrogens is 254 g/mol. The number of ether oxygens (including phenoxy) is 3. The molecule has 1 aromatic carbocycles. The highest BCUT2D eigenvalue weighted by molar-refractivity contribution is 5.92. The van der Waals surface area contributed by atoms with Crippen LogP contribution in [-0.2, 0) is 14.3 Å². The Bertz CT molecular complexity index is 501. The zero-order chi connectivity index (χ0) is 13.8. The number of nitrogens with one attached hydrogen (secondary N) is 1. The molecule has 0 fully saturated rings. The first-order chi connectivity index (χ1) is 9.06. The SMILES string of the molecule is CC(OCC(=O)Nc1ccc2c(c1)OCO2)C(=O)O. The molecule has 1 atom stereocenters. The van der Waals surface area contributed by atoms with Gasteiger partial charge in [-0.3, -0.25) is 4.79 Å². The monoisotopic (exact) mass is 267 g/mol. The van der Waals surface area contributed by atoms with Gasteiger partial charge in [-0.1, -0.05) is 0 Å². The van der Waals surface area contributed by atoms with Gasteiger partial charge in [-0.05, 0) is 19.1 Å². The molecule has 0 bridgehead atoms. The molecule has 0 spiro atoms. The molecule has 0 radical (unpaired) electrons. The number of carboxylic acid groups (broad SMARTS) is 1. The molecule has 1 amide bonds. The summed E-state index contributed by atoms with van der Waals surface area (Å²) in [5.41, 5.74) is 0.529. The van der Waals surface area contributed by atoms with Crippen LogP contribution in [0.5, 0.6) is 11.5 Å². The fourth-order valence-corrected chi connectivity index (χ4v) is 1.44. The van der Waals surface area contributed by atoms with Crippen molar-refractivity contribution in [2.45, 2.75) is 13.0 Å². The van der Waals surface area contributed by atoms with E-state index in [4.69, 9.17) is 19.3 Å². The highest BCUT2D eigenvalue weighted by Crippen LogP contribution is 2.34. The van der Waals surface area contributed by atoms with Gasteiger partial charge in [0.1, 0.15) is 6.61 Å². The number of anilines is 1. The minimum absolute atomic E-state index is 0.159. The van der Waals surface area contributed by atoms with Gasteiger partial charge >= 0.3 is 5.97 Å². The lowest BCUT2D eigenvalue weighted by Crippen LogP contribution is -2.26. The summed E-state index contributed by atoms with van der Waals surface area (Å²) in [5, 5.41) is 11.2. The van der Waals surface area contributed by atoms with Gasteiger partial charge in [0.15, 0.2) is 17.6 Å². The molecule has 7 heteroatoms. The van der Waals surface area contributed by atoms with Gasteiger partial charge < -0.3 is 24.6 Å². The lowest BCUT2D eigenvalue weighted by atomic mass is 10.3. The maximum absolute atomic E-state index is 11.5. The van der Waals surface area contributed by atoms with Crippen LogP contribution in [0.4, 0.5) is 5.69 Å². The first-order valence-electron chi connectivity index (χ1n) is 5.60. The van der Waals surface area contributed by atoms with Crippen molar-refractivity contribution in [3.8, 4) is 11.5 Å². The van der Waals surface area contributed by atoms with Gasteiger partial charge in [-0.25, -0.2) is 4.79 Å². The maximum Gasteiger partial charge on any atom is 0.332 e. The van der Waals surface area contributed by atoms with Crippen molar-refractivity contribution < 1.29 is 28.9 Å². The normalized spacial score (nSPS) is 13.9. The summed E-state index contributed by atoms with van der Waals surface area (Å²) in [6.07, 6.45) is -1.03. The van der Waals surface area contributed by atoms with E-state index in [0.717, 1.165) is 0 Å². The average molecular weight is 267 g/mol. The maximum atomic E-state index is 11.5. The number of benzene rings is 1. The van der Waals surface area contributed by atoms with Gasteiger partial charge in [0.05, 0.1) is 0 Å². The Labute approximate surface area is 109 Å². The molecule has 2 N–H and O–H groups in total. The summed E-state index contributed by atoms with van der Waals surface area (Å²) in [5.74, 6) is -0.380. The number of carboxylic acids is 1. The van der Waals surface area contributed by atoms with Crippen molar-refractivity contribution >= 4 is 17.6 Å². The lowest BCUT2D eigenvalue weighted by Gasteiger charge is -2.09. The van der Waals surface area contributed by atoms with E-state index >= 15 is 0 Å². The van der Waals surface area contributed by atoms with Gasteiger partial charge in [0.25, 0.3) is 0 Å². The molecule has 0 aromatic heterocycles. The predicted molar refractivity (Wildman–Crippen MR) is 64.2 cm³/mol. The number of aliphatic carboxylic acids is 1. The van der Waals surface area contributed by atoms with E-state index in [1.807, 2.05) is 0 Å². The Hall–Kier alpha value is -2.28. The Morgan fingerprint density at radius 3 is 2.89 bits per heavy atom. The van der Waals surface area contributed by atoms with E-state index in [1.165, 1.54) is 6.92 Å². The minimum atomic E-state index is -1.11. The van der Waals surface area contributed by atoms with Crippen molar-refractivity contribution in [1.82, 2.24) is 0 Å². The fraction of sp³-hybridized carbons (Fsp3) is 0.333. The Kier molecular flexibility index (Phi) is 3.86. The lowest BCUT2D eigenvalue weighted by molar-refractivity contribution is -0.150. The molecule has 1 aromatic rings. The molecule has 1 heterocycles. The molecule has 1 aliphatic rings. The van der Waals surface area contributed by atoms with Crippen LogP contribution in [0.2, 0.25) is 0 Å². The standard InChI is InChI=1S/C12H13NO6/c1-7(12(15)16)17-5-11(14)13-8-2-3-9-10(4-8)19-6-18-9/h2-4,7H,5-6H2,1H3,(H,13,14)(H,15,16). The molecule has 1 aliphatic heterocycles. The topological polar surface area (TPSA) is 94.1 Å². The minimum Gasteiger partial charge on any atom is -0.479 e. The smallest absolute Gasteiger partial charge is 0.332 e. The van der Waals surface area contributed by atoms with Crippen LogP contribution in [0.1, 0.15) is 6.92 Å². The number of hydrogen-bond acceptors (Lipinski definition) is 5. The van der Waals surface area contributed by atoms with Crippen molar-refractivity contribution in [2.75, 3.05) is 18.7 Å². The van der Waals surface area contributed by atoms with E-state index in [-0.39, 0.29) is 13.4 Å². The quantitative estimate of drug-likeness (QED) is 0.821. The van der Waals surface area contributed by atoms with E-state index in [2.05, 4.69) is 5.32 Å². The molecule has 0 saturated carbocycles.